The summed E-state index contributed by atoms with van der Waals surface area (Å²) in [6.07, 6.45) is 1.80. The molecule has 0 unspecified atom stereocenters. The lowest BCUT2D eigenvalue weighted by Crippen LogP contribution is -2.29. The van der Waals surface area contributed by atoms with Crippen LogP contribution in [0.25, 0.3) is 11.3 Å². The Labute approximate surface area is 203 Å². The largest absolute Gasteiger partial charge is 0.459 e. The van der Waals surface area contributed by atoms with Gasteiger partial charge >= 0.3 is 0 Å². The number of anilines is 2. The van der Waals surface area contributed by atoms with Gasteiger partial charge in [0.25, 0.3) is 0 Å². The molecule has 0 amide bonds. The van der Waals surface area contributed by atoms with Crippen LogP contribution < -0.4 is 15.1 Å². The lowest BCUT2D eigenvalue weighted by molar-refractivity contribution is 0.439. The molecule has 0 spiro atoms. The molecule has 1 saturated heterocycles. The average molecular weight is 475 g/mol. The van der Waals surface area contributed by atoms with Gasteiger partial charge in [-0.1, -0.05) is 17.7 Å². The summed E-state index contributed by atoms with van der Waals surface area (Å²) in [6.45, 7) is 0. The van der Waals surface area contributed by atoms with Crippen LogP contribution in [0.15, 0.2) is 89.5 Å². The minimum absolute atomic E-state index is 0.156. The van der Waals surface area contributed by atoms with Crippen LogP contribution in [0.4, 0.5) is 11.4 Å². The molecule has 0 radical (unpaired) electrons. The highest BCUT2D eigenvalue weighted by atomic mass is 35.5. The van der Waals surface area contributed by atoms with Gasteiger partial charge in [0.1, 0.15) is 17.6 Å². The standard InChI is InChI=1S/C26H23ClN4OS/c1-30(2)19-10-12-20(13-11-19)31-25(24(29-26(31)33)21-5-3-4-16-28-21)23-15-14-22(32-23)17-6-8-18(27)9-7-17/h3-16,24-25H,1-2H3,(H,29,33)/t24-,25-/m1/s1. The van der Waals surface area contributed by atoms with E-state index in [1.807, 2.05) is 68.7 Å². The van der Waals surface area contributed by atoms with Crippen molar-refractivity contribution in [3.8, 4) is 11.3 Å². The molecule has 4 aromatic rings. The molecule has 1 N–H and O–H groups in total. The molecule has 5 rings (SSSR count). The molecule has 2 aromatic heterocycles. The number of halogens is 1. The summed E-state index contributed by atoms with van der Waals surface area (Å²) in [4.78, 5) is 8.78. The van der Waals surface area contributed by atoms with Gasteiger partial charge in [-0.3, -0.25) is 4.98 Å². The van der Waals surface area contributed by atoms with Crippen LogP contribution in [0.2, 0.25) is 5.02 Å². The Hall–Kier alpha value is -3.35. The van der Waals surface area contributed by atoms with Gasteiger partial charge in [-0.25, -0.2) is 0 Å². The molecule has 0 aliphatic carbocycles. The first-order valence-corrected chi connectivity index (χ1v) is 11.4. The van der Waals surface area contributed by atoms with E-state index in [0.717, 1.165) is 34.2 Å². The van der Waals surface area contributed by atoms with Crippen LogP contribution in [0.5, 0.6) is 0 Å². The van der Waals surface area contributed by atoms with Crippen molar-refractivity contribution >= 4 is 40.3 Å². The normalized spacial score (nSPS) is 17.8. The Bertz CT molecular complexity index is 1260. The summed E-state index contributed by atoms with van der Waals surface area (Å²) in [6, 6.07) is 25.5. The molecule has 5 nitrogen and oxygen atoms in total. The molecular weight excluding hydrogens is 452 g/mol. The summed E-state index contributed by atoms with van der Waals surface area (Å²) in [5.41, 5.74) is 3.99. The molecule has 2 atom stereocenters. The number of pyridine rings is 1. The van der Waals surface area contributed by atoms with E-state index in [9.17, 15) is 0 Å². The number of aromatic nitrogens is 1. The average Bonchev–Trinajstić information content (AvgIpc) is 3.45. The highest BCUT2D eigenvalue weighted by molar-refractivity contribution is 7.80. The fourth-order valence-corrected chi connectivity index (χ4v) is 4.59. The van der Waals surface area contributed by atoms with Crippen molar-refractivity contribution in [1.29, 1.82) is 0 Å². The second-order valence-corrected chi connectivity index (χ2v) is 8.94. The highest BCUT2D eigenvalue weighted by Crippen LogP contribution is 2.43. The molecule has 1 fully saturated rings. The predicted octanol–water partition coefficient (Wildman–Crippen LogP) is 6.24. The molecule has 2 aromatic carbocycles. The minimum Gasteiger partial charge on any atom is -0.459 e. The van der Waals surface area contributed by atoms with Crippen LogP contribution in [-0.4, -0.2) is 24.2 Å². The molecule has 0 bridgehead atoms. The van der Waals surface area contributed by atoms with E-state index in [1.165, 1.54) is 0 Å². The SMILES string of the molecule is CN(C)c1ccc(N2C(=S)N[C@H](c3ccccn3)[C@H]2c2ccc(-c3ccc(Cl)cc3)o2)cc1. The number of nitrogens with one attached hydrogen (secondary N) is 1. The van der Waals surface area contributed by atoms with Crippen LogP contribution in [0.1, 0.15) is 23.5 Å². The minimum atomic E-state index is -0.196. The van der Waals surface area contributed by atoms with E-state index in [2.05, 4.69) is 44.4 Å². The third-order valence-corrected chi connectivity index (χ3v) is 6.36. The van der Waals surface area contributed by atoms with Gasteiger partial charge in [-0.15, -0.1) is 0 Å². The molecule has 1 aliphatic rings. The number of thiocarbonyl (C=S) groups is 1. The number of hydrogen-bond donors (Lipinski definition) is 1. The first-order valence-electron chi connectivity index (χ1n) is 10.6. The van der Waals surface area contributed by atoms with Gasteiger partial charge in [0, 0.05) is 42.3 Å². The summed E-state index contributed by atoms with van der Waals surface area (Å²) < 4.78 is 6.39. The summed E-state index contributed by atoms with van der Waals surface area (Å²) in [7, 11) is 4.05. The Kier molecular flexibility index (Phi) is 5.79. The third-order valence-electron chi connectivity index (χ3n) is 5.79. The maximum absolute atomic E-state index is 6.39. The van der Waals surface area contributed by atoms with Crippen molar-refractivity contribution in [2.45, 2.75) is 12.1 Å². The number of benzene rings is 2. The van der Waals surface area contributed by atoms with Crippen molar-refractivity contribution in [3.05, 3.63) is 102 Å². The van der Waals surface area contributed by atoms with E-state index >= 15 is 0 Å². The first-order chi connectivity index (χ1) is 16.0. The quantitative estimate of drug-likeness (QED) is 0.345. The molecule has 0 saturated carbocycles. The Morgan fingerprint density at radius 1 is 0.970 bits per heavy atom. The Morgan fingerprint density at radius 2 is 1.73 bits per heavy atom. The molecule has 33 heavy (non-hydrogen) atoms. The van der Waals surface area contributed by atoms with E-state index in [1.54, 1.807) is 6.20 Å². The van der Waals surface area contributed by atoms with E-state index in [-0.39, 0.29) is 12.1 Å². The maximum atomic E-state index is 6.39. The molecule has 3 heterocycles. The second-order valence-electron chi connectivity index (χ2n) is 8.12. The summed E-state index contributed by atoms with van der Waals surface area (Å²) in [5, 5.41) is 4.80. The number of hydrogen-bond acceptors (Lipinski definition) is 4. The van der Waals surface area contributed by atoms with Gasteiger partial charge in [0.15, 0.2) is 5.11 Å². The maximum Gasteiger partial charge on any atom is 0.174 e. The van der Waals surface area contributed by atoms with E-state index < -0.39 is 0 Å². The fraction of sp³-hybridized carbons (Fsp3) is 0.154. The summed E-state index contributed by atoms with van der Waals surface area (Å²) in [5.74, 6) is 1.59. The number of furan rings is 1. The third kappa shape index (κ3) is 4.19. The van der Waals surface area contributed by atoms with Crippen molar-refractivity contribution in [2.75, 3.05) is 23.9 Å². The van der Waals surface area contributed by atoms with Gasteiger partial charge in [-0.05, 0) is 85.0 Å². The van der Waals surface area contributed by atoms with Crippen LogP contribution in [0.3, 0.4) is 0 Å². The van der Waals surface area contributed by atoms with Crippen LogP contribution >= 0.6 is 23.8 Å². The number of nitrogens with zero attached hydrogens (tertiary/aromatic N) is 3. The van der Waals surface area contributed by atoms with Gasteiger partial charge < -0.3 is 19.5 Å². The zero-order valence-electron chi connectivity index (χ0n) is 18.3. The number of rotatable bonds is 5. The van der Waals surface area contributed by atoms with Crippen molar-refractivity contribution in [3.63, 3.8) is 0 Å². The molecule has 1 aliphatic heterocycles. The van der Waals surface area contributed by atoms with Gasteiger partial charge in [0.05, 0.1) is 11.7 Å². The Balaban J connectivity index is 1.57. The Morgan fingerprint density at radius 3 is 2.39 bits per heavy atom. The fourth-order valence-electron chi connectivity index (χ4n) is 4.11. The zero-order chi connectivity index (χ0) is 22.9. The van der Waals surface area contributed by atoms with Gasteiger partial charge in [0.2, 0.25) is 0 Å². The van der Waals surface area contributed by atoms with E-state index in [4.69, 9.17) is 28.2 Å². The lowest BCUT2D eigenvalue weighted by Gasteiger charge is -2.26. The van der Waals surface area contributed by atoms with Crippen molar-refractivity contribution < 1.29 is 4.42 Å². The smallest absolute Gasteiger partial charge is 0.174 e. The van der Waals surface area contributed by atoms with Crippen LogP contribution in [0, 0.1) is 0 Å². The zero-order valence-corrected chi connectivity index (χ0v) is 19.8. The second kappa shape index (κ2) is 8.89. The van der Waals surface area contributed by atoms with E-state index in [0.29, 0.717) is 10.1 Å². The van der Waals surface area contributed by atoms with Crippen molar-refractivity contribution in [1.82, 2.24) is 10.3 Å². The predicted molar refractivity (Wildman–Crippen MR) is 138 cm³/mol. The van der Waals surface area contributed by atoms with Crippen LogP contribution in [-0.2, 0) is 0 Å². The molecule has 7 heteroatoms. The topological polar surface area (TPSA) is 44.5 Å². The lowest BCUT2D eigenvalue weighted by atomic mass is 10.0. The molecule has 166 valence electrons. The highest BCUT2D eigenvalue weighted by Gasteiger charge is 2.42. The van der Waals surface area contributed by atoms with Gasteiger partial charge in [-0.2, -0.15) is 0 Å². The first kappa shape index (κ1) is 21.5. The summed E-state index contributed by atoms with van der Waals surface area (Å²) >= 11 is 11.9. The monoisotopic (exact) mass is 474 g/mol. The van der Waals surface area contributed by atoms with Crippen molar-refractivity contribution in [2.24, 2.45) is 0 Å². The molecular formula is C26H23ClN4OS.